The lowest BCUT2D eigenvalue weighted by molar-refractivity contribution is -0.131. The maximum absolute atomic E-state index is 12.5. The number of rotatable bonds is 6. The zero-order chi connectivity index (χ0) is 15.2. The Hall–Kier alpha value is -2.15. The summed E-state index contributed by atoms with van der Waals surface area (Å²) in [6.45, 7) is 1.22. The average molecular weight is 293 g/mol. The number of furan rings is 1. The van der Waals surface area contributed by atoms with Crippen LogP contribution in [0.3, 0.4) is 0 Å². The second kappa shape index (κ2) is 7.03. The summed E-state index contributed by atoms with van der Waals surface area (Å²) in [5.41, 5.74) is 0.389. The monoisotopic (exact) mass is 293 g/mol. The van der Waals surface area contributed by atoms with Crippen LogP contribution in [0.4, 0.5) is 0 Å². The highest BCUT2D eigenvalue weighted by atomic mass is 16.5. The number of carbonyl (C=O) groups excluding carboxylic acids is 2. The van der Waals surface area contributed by atoms with E-state index in [4.69, 9.17) is 9.15 Å². The van der Waals surface area contributed by atoms with Crippen molar-refractivity contribution >= 4 is 17.5 Å². The lowest BCUT2D eigenvalue weighted by atomic mass is 10.1. The van der Waals surface area contributed by atoms with Gasteiger partial charge in [-0.15, -0.1) is 0 Å². The fraction of sp³-hybridized carbons (Fsp3) is 0.500. The first kappa shape index (κ1) is 15.2. The van der Waals surface area contributed by atoms with Crippen LogP contribution in [0.2, 0.25) is 0 Å². The molecule has 1 aliphatic heterocycles. The van der Waals surface area contributed by atoms with Crippen LogP contribution in [0.1, 0.15) is 18.6 Å². The van der Waals surface area contributed by atoms with Crippen LogP contribution in [0.25, 0.3) is 0 Å². The van der Waals surface area contributed by atoms with Crippen molar-refractivity contribution in [1.29, 1.82) is 0 Å². The van der Waals surface area contributed by atoms with Crippen LogP contribution in [0.15, 0.2) is 27.9 Å². The quantitative estimate of drug-likeness (QED) is 0.779. The first-order valence-electron chi connectivity index (χ1n) is 6.76. The Bertz CT molecular complexity index is 524. The molecule has 0 atom stereocenters. The van der Waals surface area contributed by atoms with Crippen LogP contribution >= 0.6 is 0 Å². The molecule has 2 amide bonds. The van der Waals surface area contributed by atoms with Crippen molar-refractivity contribution in [2.45, 2.75) is 19.4 Å². The number of nitrogens with zero attached hydrogens (tertiary/aromatic N) is 3. The summed E-state index contributed by atoms with van der Waals surface area (Å²) in [5.74, 6) is 0.420. The molecule has 2 heterocycles. The minimum absolute atomic E-state index is 0.0824. The van der Waals surface area contributed by atoms with Crippen LogP contribution < -0.4 is 0 Å². The first-order chi connectivity index (χ1) is 10.1. The molecule has 0 fully saturated rings. The third-order valence-electron chi connectivity index (χ3n) is 3.23. The van der Waals surface area contributed by atoms with Gasteiger partial charge in [-0.3, -0.25) is 9.59 Å². The van der Waals surface area contributed by atoms with Crippen molar-refractivity contribution in [3.8, 4) is 0 Å². The van der Waals surface area contributed by atoms with Crippen molar-refractivity contribution in [1.82, 2.24) is 9.91 Å². The largest absolute Gasteiger partial charge is 0.467 e. The van der Waals surface area contributed by atoms with Gasteiger partial charge in [-0.05, 0) is 12.1 Å². The Labute approximate surface area is 123 Å². The molecular formula is C14H19N3O4. The summed E-state index contributed by atoms with van der Waals surface area (Å²) < 4.78 is 10.3. The molecule has 7 nitrogen and oxygen atoms in total. The fourth-order valence-electron chi connectivity index (χ4n) is 2.05. The summed E-state index contributed by atoms with van der Waals surface area (Å²) >= 11 is 0. The zero-order valence-corrected chi connectivity index (χ0v) is 12.2. The summed E-state index contributed by atoms with van der Waals surface area (Å²) in [5, 5.41) is 5.28. The van der Waals surface area contributed by atoms with Crippen LogP contribution in [0, 0.1) is 0 Å². The minimum atomic E-state index is -0.192. The Kier molecular flexibility index (Phi) is 5.10. The predicted octanol–water partition coefficient (Wildman–Crippen LogP) is 0.863. The van der Waals surface area contributed by atoms with E-state index in [1.54, 1.807) is 31.4 Å². The van der Waals surface area contributed by atoms with Gasteiger partial charge in [-0.25, -0.2) is 5.01 Å². The van der Waals surface area contributed by atoms with Gasteiger partial charge in [0.05, 0.1) is 19.4 Å². The molecule has 2 rings (SSSR count). The molecule has 114 valence electrons. The molecule has 0 unspecified atom stereocenters. The van der Waals surface area contributed by atoms with E-state index in [0.717, 1.165) is 0 Å². The molecule has 1 aliphatic rings. The molecule has 0 aliphatic carbocycles. The average Bonchev–Trinajstić information content (AvgIpc) is 2.98. The second-order valence-electron chi connectivity index (χ2n) is 4.76. The molecule has 1 aromatic heterocycles. The summed E-state index contributed by atoms with van der Waals surface area (Å²) in [6, 6.07) is 3.59. The lowest BCUT2D eigenvalue weighted by Crippen LogP contribution is -2.41. The van der Waals surface area contributed by atoms with Crippen molar-refractivity contribution in [2.24, 2.45) is 5.10 Å². The number of hydrogen-bond acceptors (Lipinski definition) is 5. The molecule has 0 saturated carbocycles. The van der Waals surface area contributed by atoms with Gasteiger partial charge < -0.3 is 14.1 Å². The van der Waals surface area contributed by atoms with E-state index in [0.29, 0.717) is 44.0 Å². The number of hydrogen-bond donors (Lipinski definition) is 0. The standard InChI is InChI=1S/C14H19N3O4/c1-16-13(18)6-5-12(15-16)14(19)17(7-9-20-2)10-11-4-3-8-21-11/h3-4,8H,5-7,9-10H2,1-2H3. The molecule has 21 heavy (non-hydrogen) atoms. The normalized spacial score (nSPS) is 15.0. The molecule has 7 heteroatoms. The van der Waals surface area contributed by atoms with E-state index in [1.165, 1.54) is 5.01 Å². The minimum Gasteiger partial charge on any atom is -0.467 e. The maximum atomic E-state index is 12.5. The van der Waals surface area contributed by atoms with Crippen molar-refractivity contribution in [3.05, 3.63) is 24.2 Å². The van der Waals surface area contributed by atoms with Crippen molar-refractivity contribution in [3.63, 3.8) is 0 Å². The summed E-state index contributed by atoms with van der Waals surface area (Å²) in [7, 11) is 3.14. The zero-order valence-electron chi connectivity index (χ0n) is 12.2. The number of amides is 2. The van der Waals surface area contributed by atoms with E-state index in [9.17, 15) is 9.59 Å². The van der Waals surface area contributed by atoms with E-state index in [-0.39, 0.29) is 11.8 Å². The van der Waals surface area contributed by atoms with Gasteiger partial charge in [0.2, 0.25) is 5.91 Å². The second-order valence-corrected chi connectivity index (χ2v) is 4.76. The molecular weight excluding hydrogens is 274 g/mol. The Balaban J connectivity index is 2.10. The summed E-state index contributed by atoms with van der Waals surface area (Å²) in [6.07, 6.45) is 2.24. The topological polar surface area (TPSA) is 75.3 Å². The highest BCUT2D eigenvalue weighted by molar-refractivity contribution is 6.39. The highest BCUT2D eigenvalue weighted by Gasteiger charge is 2.26. The predicted molar refractivity (Wildman–Crippen MR) is 75.4 cm³/mol. The van der Waals surface area contributed by atoms with Crippen molar-refractivity contribution in [2.75, 3.05) is 27.3 Å². The van der Waals surface area contributed by atoms with Gasteiger partial charge in [0, 0.05) is 33.5 Å². The smallest absolute Gasteiger partial charge is 0.270 e. The fourth-order valence-corrected chi connectivity index (χ4v) is 2.05. The first-order valence-corrected chi connectivity index (χ1v) is 6.76. The van der Waals surface area contributed by atoms with Gasteiger partial charge in [-0.2, -0.15) is 5.10 Å². The molecule has 0 radical (unpaired) electrons. The number of hydrazone groups is 1. The molecule has 0 N–H and O–H groups in total. The SMILES string of the molecule is COCCN(Cc1ccco1)C(=O)C1=NN(C)C(=O)CC1. The van der Waals surface area contributed by atoms with Gasteiger partial charge in [0.15, 0.2) is 0 Å². The van der Waals surface area contributed by atoms with Gasteiger partial charge in [0.25, 0.3) is 5.91 Å². The Morgan fingerprint density at radius 2 is 2.33 bits per heavy atom. The third-order valence-corrected chi connectivity index (χ3v) is 3.23. The molecule has 0 saturated heterocycles. The van der Waals surface area contributed by atoms with Crippen molar-refractivity contribution < 1.29 is 18.7 Å². The molecule has 1 aromatic rings. The Morgan fingerprint density at radius 1 is 1.52 bits per heavy atom. The van der Waals surface area contributed by atoms with Gasteiger partial charge >= 0.3 is 0 Å². The number of ether oxygens (including phenoxy) is 1. The van der Waals surface area contributed by atoms with Gasteiger partial charge in [0.1, 0.15) is 11.5 Å². The number of carbonyl (C=O) groups is 2. The Morgan fingerprint density at radius 3 is 2.95 bits per heavy atom. The van der Waals surface area contributed by atoms with E-state index in [1.807, 2.05) is 6.07 Å². The highest BCUT2D eigenvalue weighted by Crippen LogP contribution is 2.12. The lowest BCUT2D eigenvalue weighted by Gasteiger charge is -2.25. The maximum Gasteiger partial charge on any atom is 0.270 e. The van der Waals surface area contributed by atoms with Crippen LogP contribution in [-0.4, -0.2) is 54.7 Å². The molecule has 0 aromatic carbocycles. The van der Waals surface area contributed by atoms with E-state index < -0.39 is 0 Å². The molecule has 0 bridgehead atoms. The molecule has 0 spiro atoms. The summed E-state index contributed by atoms with van der Waals surface area (Å²) in [4.78, 5) is 25.6. The van der Waals surface area contributed by atoms with Crippen LogP contribution in [0.5, 0.6) is 0 Å². The van der Waals surface area contributed by atoms with E-state index >= 15 is 0 Å². The van der Waals surface area contributed by atoms with Gasteiger partial charge in [-0.1, -0.05) is 0 Å². The van der Waals surface area contributed by atoms with E-state index in [2.05, 4.69) is 5.10 Å². The van der Waals surface area contributed by atoms with Crippen LogP contribution in [-0.2, 0) is 20.9 Å². The number of methoxy groups -OCH3 is 1. The third kappa shape index (κ3) is 3.91.